The highest BCUT2D eigenvalue weighted by atomic mass is 35.5. The molecule has 0 unspecified atom stereocenters. The van der Waals surface area contributed by atoms with Gasteiger partial charge < -0.3 is 15.1 Å². The van der Waals surface area contributed by atoms with E-state index in [-0.39, 0.29) is 24.4 Å². The second kappa shape index (κ2) is 25.9. The van der Waals surface area contributed by atoms with Crippen LogP contribution in [0.5, 0.6) is 0 Å². The lowest BCUT2D eigenvalue weighted by Gasteiger charge is -2.06. The third kappa shape index (κ3) is 20.8. The first-order chi connectivity index (χ1) is 19.4. The minimum Gasteiger partial charge on any atom is -0.369 e. The van der Waals surface area contributed by atoms with Gasteiger partial charge in [0.15, 0.2) is 23.3 Å². The molecule has 0 bridgehead atoms. The van der Waals surface area contributed by atoms with Crippen LogP contribution in [0.3, 0.4) is 0 Å². The van der Waals surface area contributed by atoms with Gasteiger partial charge in [-0.1, -0.05) is 21.3 Å². The minimum absolute atomic E-state index is 0. The first kappa shape index (κ1) is 42.5. The van der Waals surface area contributed by atoms with Crippen LogP contribution in [-0.4, -0.2) is 101 Å². The summed E-state index contributed by atoms with van der Waals surface area (Å²) >= 11 is 9.53. The molecule has 0 saturated heterocycles. The Morgan fingerprint density at radius 3 is 2.14 bits per heavy atom. The van der Waals surface area contributed by atoms with Crippen molar-refractivity contribution in [1.29, 1.82) is 0 Å². The van der Waals surface area contributed by atoms with Gasteiger partial charge in [-0.25, -0.2) is 47.5 Å². The van der Waals surface area contributed by atoms with Crippen molar-refractivity contribution in [2.75, 3.05) is 46.6 Å². The topological polar surface area (TPSA) is 170 Å². The van der Waals surface area contributed by atoms with E-state index in [0.29, 0.717) is 24.1 Å². The summed E-state index contributed by atoms with van der Waals surface area (Å²) in [4.78, 5) is 65.7. The number of amides is 1. The van der Waals surface area contributed by atoms with Gasteiger partial charge in [-0.15, -0.1) is 23.2 Å². The second-order valence-electron chi connectivity index (χ2n) is 7.67. The van der Waals surface area contributed by atoms with Crippen molar-refractivity contribution in [3.63, 3.8) is 0 Å². The van der Waals surface area contributed by atoms with E-state index in [1.807, 2.05) is 13.8 Å². The number of halogens is 4. The summed E-state index contributed by atoms with van der Waals surface area (Å²) in [6.45, 7) is 4.83. The van der Waals surface area contributed by atoms with E-state index in [4.69, 9.17) is 23.2 Å². The van der Waals surface area contributed by atoms with E-state index in [1.54, 1.807) is 38.0 Å². The molecule has 2 heterocycles. The summed E-state index contributed by atoms with van der Waals surface area (Å²) < 4.78 is 27.1. The molecule has 0 radical (unpaired) electrons. The number of nitrogens with zero attached hydrogens (tertiary/aromatic N) is 8. The number of carbonyl (C=O) groups is 1. The van der Waals surface area contributed by atoms with Gasteiger partial charge >= 0.3 is 17.4 Å². The Morgan fingerprint density at radius 1 is 1.10 bits per heavy atom. The molecule has 0 aliphatic rings. The van der Waals surface area contributed by atoms with Crippen molar-refractivity contribution in [2.24, 2.45) is 15.0 Å². The minimum atomic E-state index is -0.874. The highest BCUT2D eigenvalue weighted by molar-refractivity contribution is 6.40. The molecule has 0 spiro atoms. The Bertz CT molecular complexity index is 1260. The number of aromatic amines is 1. The molecule has 1 amide bonds. The zero-order valence-corrected chi connectivity index (χ0v) is 25.1. The van der Waals surface area contributed by atoms with Crippen LogP contribution < -0.4 is 16.7 Å². The zero-order valence-electron chi connectivity index (χ0n) is 23.6. The van der Waals surface area contributed by atoms with Crippen molar-refractivity contribution in [3.8, 4) is 0 Å². The lowest BCUT2D eigenvalue weighted by atomic mass is 10.5. The molecule has 18 heteroatoms. The van der Waals surface area contributed by atoms with Crippen molar-refractivity contribution in [2.45, 2.75) is 34.1 Å². The number of isocyanates is 1. The lowest BCUT2D eigenvalue weighted by molar-refractivity contribution is 0.241. The molecular formula is C24H38Cl2F2N10O4. The van der Waals surface area contributed by atoms with Crippen LogP contribution in [0.1, 0.15) is 34.1 Å². The molecule has 0 saturated carbocycles. The number of carbonyl (C=O) groups excluding carboxylic acids is 2. The normalized spacial score (nSPS) is 9.57. The standard InChI is InChI=1S/C11H16FN5O2.C7H9FN4O.C4H7NO.CH2Cl2.CH4/c1-4-5-13-10(18)17-6-8(12)9(15-11(17)19)14-7-16(2)3;1-12(2)4-10-6-5(8)3-9-7(13)11-6;1-2-3-5-4-6;2-1-3;/h6-7H,4-5H2,1-3H3,(H,13,18);3-4H,1-2H3,(H,9,11,13);2-3H2,1H3;1H2;1H4. The largest absolute Gasteiger partial charge is 0.369 e. The van der Waals surface area contributed by atoms with E-state index in [0.717, 1.165) is 18.8 Å². The molecule has 42 heavy (non-hydrogen) atoms. The van der Waals surface area contributed by atoms with Gasteiger partial charge in [-0.2, -0.15) is 9.97 Å². The Labute approximate surface area is 253 Å². The molecule has 0 aromatic carbocycles. The number of rotatable bonds is 8. The first-order valence-corrected chi connectivity index (χ1v) is 12.8. The summed E-state index contributed by atoms with van der Waals surface area (Å²) in [5.41, 5.74) is -1.49. The first-order valence-electron chi connectivity index (χ1n) is 11.8. The molecule has 0 aliphatic carbocycles. The Balaban J connectivity index is -0.000000571. The molecule has 14 nitrogen and oxygen atoms in total. The second-order valence-corrected chi connectivity index (χ2v) is 8.48. The monoisotopic (exact) mass is 638 g/mol. The van der Waals surface area contributed by atoms with Gasteiger partial charge in [0, 0.05) is 34.7 Å². The van der Waals surface area contributed by atoms with E-state index in [1.165, 1.54) is 18.8 Å². The smallest absolute Gasteiger partial charge is 0.358 e. The third-order valence-corrected chi connectivity index (χ3v) is 3.58. The van der Waals surface area contributed by atoms with Crippen molar-refractivity contribution in [3.05, 3.63) is 45.0 Å². The highest BCUT2D eigenvalue weighted by Crippen LogP contribution is 2.10. The number of nitrogens with one attached hydrogen (secondary N) is 2. The number of H-pyrrole nitrogens is 1. The van der Waals surface area contributed by atoms with E-state index < -0.39 is 29.0 Å². The Hall–Kier alpha value is -4.01. The van der Waals surface area contributed by atoms with Gasteiger partial charge in [0.2, 0.25) is 6.08 Å². The molecule has 0 aliphatic heterocycles. The molecule has 236 valence electrons. The number of alkyl halides is 2. The predicted octanol–water partition coefficient (Wildman–Crippen LogP) is 3.49. The van der Waals surface area contributed by atoms with Crippen LogP contribution in [0.2, 0.25) is 0 Å². The molecule has 0 fully saturated rings. The molecule has 2 aromatic heterocycles. The van der Waals surface area contributed by atoms with Crippen LogP contribution in [-0.2, 0) is 4.79 Å². The third-order valence-electron chi connectivity index (χ3n) is 3.58. The van der Waals surface area contributed by atoms with Crippen LogP contribution >= 0.6 is 23.2 Å². The maximum absolute atomic E-state index is 13.6. The molecule has 2 N–H and O–H groups in total. The van der Waals surface area contributed by atoms with Gasteiger partial charge in [0.05, 0.1) is 37.0 Å². The highest BCUT2D eigenvalue weighted by Gasteiger charge is 2.12. The molecular weight excluding hydrogens is 601 g/mol. The number of aliphatic imine (C=N–C) groups is 3. The average molecular weight is 640 g/mol. The summed E-state index contributed by atoms with van der Waals surface area (Å²) in [6.07, 6.45) is 7.39. The maximum atomic E-state index is 13.6. The van der Waals surface area contributed by atoms with Gasteiger partial charge in [-0.3, -0.25) is 4.98 Å². The average Bonchev–Trinajstić information content (AvgIpc) is 2.92. The number of aromatic nitrogens is 4. The van der Waals surface area contributed by atoms with Crippen LogP contribution in [0.4, 0.5) is 25.2 Å². The van der Waals surface area contributed by atoms with Gasteiger partial charge in [0.25, 0.3) is 0 Å². The van der Waals surface area contributed by atoms with Gasteiger partial charge in [-0.05, 0) is 12.8 Å². The Morgan fingerprint density at radius 2 is 1.67 bits per heavy atom. The van der Waals surface area contributed by atoms with Gasteiger partial charge in [0.1, 0.15) is 0 Å². The lowest BCUT2D eigenvalue weighted by Crippen LogP contribution is -2.37. The molecule has 2 rings (SSSR count). The Kier molecular flexibility index (Phi) is 26.2. The van der Waals surface area contributed by atoms with Crippen molar-refractivity contribution < 1.29 is 18.4 Å². The maximum Gasteiger partial charge on any atom is 0.358 e. The predicted molar refractivity (Wildman–Crippen MR) is 163 cm³/mol. The van der Waals surface area contributed by atoms with E-state index >= 15 is 0 Å². The SMILES string of the molecule is C.CCCN=C=O.CCCNC(=O)n1cc(F)c(N=CN(C)C)nc1=O.CN(C)C=Nc1[nH]c(=O)ncc1F.ClCCl. The molecule has 0 atom stereocenters. The quantitative estimate of drug-likeness (QED) is 0.191. The zero-order chi connectivity index (χ0) is 31.8. The number of hydrogen-bond acceptors (Lipinski definition) is 9. The summed E-state index contributed by atoms with van der Waals surface area (Å²) in [7, 11) is 6.86. The van der Waals surface area contributed by atoms with Crippen LogP contribution in [0.25, 0.3) is 0 Å². The van der Waals surface area contributed by atoms with E-state index in [9.17, 15) is 28.0 Å². The summed E-state index contributed by atoms with van der Waals surface area (Å²) in [5, 5.41) is 2.65. The number of hydrogen-bond donors (Lipinski definition) is 2. The molecule has 2 aromatic rings. The van der Waals surface area contributed by atoms with E-state index in [2.05, 4.69) is 35.2 Å². The van der Waals surface area contributed by atoms with Crippen molar-refractivity contribution >= 4 is 59.6 Å². The fourth-order valence-corrected chi connectivity index (χ4v) is 1.94. The summed E-state index contributed by atoms with van der Waals surface area (Å²) in [6, 6.07) is -0.707. The van der Waals surface area contributed by atoms with Crippen LogP contribution in [0, 0.1) is 11.6 Å². The fourth-order valence-electron chi connectivity index (χ4n) is 1.94. The summed E-state index contributed by atoms with van der Waals surface area (Å²) in [5.74, 6) is -1.96. The fraction of sp³-hybridized carbons (Fsp3) is 0.500. The van der Waals surface area contributed by atoms with Crippen LogP contribution in [0.15, 0.2) is 37.0 Å². The van der Waals surface area contributed by atoms with Crippen molar-refractivity contribution in [1.82, 2.24) is 34.6 Å².